The molecule has 209 valence electrons. The van der Waals surface area contributed by atoms with Crippen LogP contribution in [0.5, 0.6) is 5.75 Å². The van der Waals surface area contributed by atoms with E-state index < -0.39 is 20.8 Å². The van der Waals surface area contributed by atoms with Crippen LogP contribution in [0.15, 0.2) is 103 Å². The molecule has 1 radical (unpaired) electrons. The predicted molar refractivity (Wildman–Crippen MR) is 149 cm³/mol. The maximum absolute atomic E-state index is 11.7. The number of fused-ring (bicyclic) bond motifs is 1. The second kappa shape index (κ2) is 17.9. The Bertz CT molecular complexity index is 1520. The fourth-order valence-corrected chi connectivity index (χ4v) is 4.21. The van der Waals surface area contributed by atoms with Crippen molar-refractivity contribution in [3.63, 3.8) is 0 Å². The molecule has 4 aromatic carbocycles. The minimum Gasteiger partial charge on any atom is -0.505 e. The number of phenols is 1. The van der Waals surface area contributed by atoms with Crippen LogP contribution in [0.4, 0.5) is 22.7 Å². The van der Waals surface area contributed by atoms with Gasteiger partial charge in [-0.1, -0.05) is 63.1 Å². The zero-order valence-electron chi connectivity index (χ0n) is 22.1. The molecule has 0 fully saturated rings. The van der Waals surface area contributed by atoms with Gasteiger partial charge in [-0.25, -0.2) is 10.4 Å². The third-order valence-corrected chi connectivity index (χ3v) is 6.09. The monoisotopic (exact) mass is 660 g/mol. The molecule has 0 saturated carbocycles. The van der Waals surface area contributed by atoms with Gasteiger partial charge in [0.15, 0.2) is 5.75 Å². The molecule has 14 heteroatoms. The molecule has 0 aliphatic heterocycles. The summed E-state index contributed by atoms with van der Waals surface area (Å²) in [6, 6.07) is 22.1. The molecule has 0 unspecified atom stereocenters. The van der Waals surface area contributed by atoms with E-state index in [2.05, 4.69) is 35.9 Å². The van der Waals surface area contributed by atoms with E-state index in [1.54, 1.807) is 18.2 Å². The van der Waals surface area contributed by atoms with Crippen molar-refractivity contribution in [1.82, 2.24) is 0 Å². The molecule has 40 heavy (non-hydrogen) atoms. The van der Waals surface area contributed by atoms with Crippen LogP contribution in [0.1, 0.15) is 27.7 Å². The average Bonchev–Trinajstić information content (AvgIpc) is 2.97. The van der Waals surface area contributed by atoms with Crippen molar-refractivity contribution in [3.8, 4) is 5.75 Å². The van der Waals surface area contributed by atoms with Crippen LogP contribution < -0.4 is 0 Å². The Balaban J connectivity index is 0.00000153. The van der Waals surface area contributed by atoms with Crippen LogP contribution in [0.3, 0.4) is 0 Å². The van der Waals surface area contributed by atoms with E-state index in [4.69, 9.17) is 5.26 Å². The number of phenolic OH excluding ortho intramolecular Hbond substituents is 1. The molecule has 0 bridgehead atoms. The van der Waals surface area contributed by atoms with Crippen LogP contribution in [-0.2, 0) is 52.2 Å². The topological polar surface area (TPSA) is 163 Å². The van der Waals surface area contributed by atoms with Crippen molar-refractivity contribution in [3.05, 3.63) is 78.9 Å². The van der Waals surface area contributed by atoms with Crippen molar-refractivity contribution >= 4 is 55.7 Å². The Morgan fingerprint density at radius 2 is 1.50 bits per heavy atom. The van der Waals surface area contributed by atoms with Crippen molar-refractivity contribution < 1.29 is 65.4 Å². The summed E-state index contributed by atoms with van der Waals surface area (Å²) < 4.78 is 37.4. The molecule has 3 N–H and O–H groups in total. The first-order chi connectivity index (χ1) is 18.9. The summed E-state index contributed by atoms with van der Waals surface area (Å²) in [4.78, 5) is -0.397. The molecule has 0 spiro atoms. The first kappa shape index (κ1) is 35.4. The molecule has 0 aromatic heterocycles. The minimum absolute atomic E-state index is 0. The molecule has 4 aromatic rings. The number of azo groups is 2. The number of nitrogens with zero attached hydrogens (tertiary/aromatic N) is 4. The van der Waals surface area contributed by atoms with E-state index in [-0.39, 0.29) is 54.1 Å². The number of benzene rings is 4. The summed E-state index contributed by atoms with van der Waals surface area (Å²) in [6.45, 7) is 8.00. The summed E-state index contributed by atoms with van der Waals surface area (Å²) in [6.07, 6.45) is 0. The maximum atomic E-state index is 11.7. The smallest absolute Gasteiger partial charge is 0.295 e. The minimum atomic E-state index is -4.60. The Kier molecular flexibility index (Phi) is 15.9. The van der Waals surface area contributed by atoms with Gasteiger partial charge >= 0.3 is 0 Å². The van der Waals surface area contributed by atoms with Gasteiger partial charge in [0, 0.05) is 43.5 Å². The molecule has 11 nitrogen and oxygen atoms in total. The standard InChI is InChI=1S/C22H15N4O7S2.2C2H6.Y/c27-22-17-7-4-8-20(35(29,30)31)18(17)13-19(34-33-32-28)21(22)26-25-16-11-9-15(10-12-16)24-23-14-5-2-1-3-6-14;2*1-2;/h1-11,13,27-28H,(H,29,30,31);2*1-2H3;/q-1;;;. The van der Waals surface area contributed by atoms with Crippen LogP contribution >= 0.6 is 12.0 Å². The summed E-state index contributed by atoms with van der Waals surface area (Å²) in [5.74, 6) is -0.436. The van der Waals surface area contributed by atoms with E-state index in [1.165, 1.54) is 24.3 Å². The predicted octanol–water partition coefficient (Wildman–Crippen LogP) is 8.90. The number of rotatable bonds is 8. The van der Waals surface area contributed by atoms with Gasteiger partial charge in [0.1, 0.15) is 10.6 Å². The Morgan fingerprint density at radius 1 is 0.825 bits per heavy atom. The van der Waals surface area contributed by atoms with Gasteiger partial charge in [-0.05, 0) is 35.6 Å². The maximum Gasteiger partial charge on any atom is 0.295 e. The van der Waals surface area contributed by atoms with Crippen molar-refractivity contribution in [1.29, 1.82) is 0 Å². The first-order valence-corrected chi connectivity index (χ1v) is 13.9. The van der Waals surface area contributed by atoms with E-state index in [9.17, 15) is 18.1 Å². The summed E-state index contributed by atoms with van der Waals surface area (Å²) in [5, 5.41) is 39.3. The summed E-state index contributed by atoms with van der Waals surface area (Å²) in [5.41, 5.74) is 1.42. The third-order valence-electron chi connectivity index (χ3n) is 4.56. The van der Waals surface area contributed by atoms with E-state index in [0.29, 0.717) is 29.1 Å². The van der Waals surface area contributed by atoms with Crippen LogP contribution in [0.2, 0.25) is 0 Å². The fourth-order valence-electron chi connectivity index (χ4n) is 3.03. The first-order valence-electron chi connectivity index (χ1n) is 11.7. The molecule has 0 aliphatic carbocycles. The van der Waals surface area contributed by atoms with Crippen molar-refractivity contribution in [2.45, 2.75) is 37.5 Å². The van der Waals surface area contributed by atoms with E-state index >= 15 is 0 Å². The number of hydrogen-bond donors (Lipinski definition) is 3. The average molecular weight is 661 g/mol. The molecule has 0 amide bonds. The fraction of sp³-hybridized carbons (Fsp3) is 0.154. The van der Waals surface area contributed by atoms with Gasteiger partial charge in [-0.15, -0.1) is 27.6 Å². The van der Waals surface area contributed by atoms with E-state index in [1.807, 2.05) is 58.0 Å². The Morgan fingerprint density at radius 3 is 2.10 bits per heavy atom. The molecule has 0 aliphatic rings. The Hall–Kier alpha value is -2.62. The van der Waals surface area contributed by atoms with Crippen LogP contribution in [0, 0.1) is 6.07 Å². The third kappa shape index (κ3) is 9.79. The van der Waals surface area contributed by atoms with E-state index in [0.717, 1.165) is 0 Å². The molecule has 0 atom stereocenters. The number of aromatic hydroxyl groups is 1. The van der Waals surface area contributed by atoms with Gasteiger partial charge in [-0.2, -0.15) is 24.7 Å². The normalized spacial score (nSPS) is 10.9. The number of hydrogen-bond acceptors (Lipinski definition) is 11. The van der Waals surface area contributed by atoms with Crippen molar-refractivity contribution in [2.24, 2.45) is 20.5 Å². The van der Waals surface area contributed by atoms with Gasteiger partial charge < -0.3 is 5.11 Å². The van der Waals surface area contributed by atoms with Crippen LogP contribution in [-0.4, -0.2) is 23.3 Å². The second-order valence-electron chi connectivity index (χ2n) is 6.79. The van der Waals surface area contributed by atoms with Gasteiger partial charge in [0.05, 0.1) is 22.6 Å². The SMILES string of the molecule is CC.CC.O=S(=O)(O)c1cccc2c(O)c(N=Nc3[c-]cc(N=Nc4ccccc4)cc3)c(SOOO)cc12.[Y]. The largest absolute Gasteiger partial charge is 0.505 e. The zero-order chi connectivity index (χ0) is 28.8. The quantitative estimate of drug-likeness (QED) is 0.0421. The molecule has 0 heterocycles. The molecular formula is C26H27N4O7S2Y-. The second-order valence-corrected chi connectivity index (χ2v) is 8.92. The molecular weight excluding hydrogens is 633 g/mol. The van der Waals surface area contributed by atoms with Crippen molar-refractivity contribution in [2.75, 3.05) is 0 Å². The van der Waals surface area contributed by atoms with Crippen LogP contribution in [0.25, 0.3) is 10.8 Å². The van der Waals surface area contributed by atoms with Gasteiger partial charge in [0.2, 0.25) is 0 Å². The summed E-state index contributed by atoms with van der Waals surface area (Å²) >= 11 is 0.437. The van der Waals surface area contributed by atoms with Gasteiger partial charge in [-0.3, -0.25) is 4.55 Å². The molecule has 0 saturated heterocycles. The summed E-state index contributed by atoms with van der Waals surface area (Å²) in [7, 11) is -4.60. The zero-order valence-corrected chi connectivity index (χ0v) is 26.6. The van der Waals surface area contributed by atoms with Gasteiger partial charge in [0.25, 0.3) is 10.1 Å². The molecule has 4 rings (SSSR count). The Labute approximate surface area is 262 Å².